The van der Waals surface area contributed by atoms with E-state index in [0.717, 1.165) is 16.0 Å². The standard InChI is InChI=1S/C23H26N4O3/c1-3-14-27-21(24)19(22(29)25-23(27)30)18(28)15-26(2)20(16-10-6-4-7-11-16)17-12-8-5-9-13-17/h4-13,20H,3,14-15,24H2,1-2H3,(H,25,29,30)/p+1. The summed E-state index contributed by atoms with van der Waals surface area (Å²) in [6.45, 7) is 2.27. The van der Waals surface area contributed by atoms with Gasteiger partial charge in [0, 0.05) is 17.7 Å². The lowest BCUT2D eigenvalue weighted by Gasteiger charge is -2.25. The molecule has 0 aliphatic carbocycles. The number of Topliss-reactive ketones (excluding diaryl/α,β-unsaturated/α-hetero) is 1. The predicted molar refractivity (Wildman–Crippen MR) is 117 cm³/mol. The first-order valence-electron chi connectivity index (χ1n) is 10.0. The van der Waals surface area contributed by atoms with Crippen LogP contribution in [-0.2, 0) is 6.54 Å². The van der Waals surface area contributed by atoms with Gasteiger partial charge in [-0.15, -0.1) is 0 Å². The molecule has 30 heavy (non-hydrogen) atoms. The number of nitrogens with zero attached hydrogens (tertiary/aromatic N) is 1. The zero-order valence-electron chi connectivity index (χ0n) is 17.2. The summed E-state index contributed by atoms with van der Waals surface area (Å²) < 4.78 is 1.25. The van der Waals surface area contributed by atoms with Crippen molar-refractivity contribution in [3.63, 3.8) is 0 Å². The number of quaternary nitrogens is 1. The molecule has 0 saturated heterocycles. The van der Waals surface area contributed by atoms with Crippen LogP contribution in [0, 0.1) is 0 Å². The van der Waals surface area contributed by atoms with E-state index in [4.69, 9.17) is 5.73 Å². The van der Waals surface area contributed by atoms with Crippen LogP contribution in [0.2, 0.25) is 0 Å². The molecule has 4 N–H and O–H groups in total. The molecule has 0 aliphatic heterocycles. The van der Waals surface area contributed by atoms with E-state index in [1.165, 1.54) is 4.57 Å². The van der Waals surface area contributed by atoms with Crippen molar-refractivity contribution in [3.05, 3.63) is 98.2 Å². The van der Waals surface area contributed by atoms with Gasteiger partial charge in [0.1, 0.15) is 24.0 Å². The number of hydrogen-bond acceptors (Lipinski definition) is 4. The van der Waals surface area contributed by atoms with Gasteiger partial charge >= 0.3 is 5.69 Å². The van der Waals surface area contributed by atoms with Gasteiger partial charge in [-0.3, -0.25) is 19.1 Å². The second-order valence-corrected chi connectivity index (χ2v) is 7.37. The van der Waals surface area contributed by atoms with Crippen LogP contribution in [-0.4, -0.2) is 28.9 Å². The number of anilines is 1. The minimum absolute atomic E-state index is 0.0477. The Bertz CT molecular complexity index is 1080. The Hall–Kier alpha value is -3.45. The lowest BCUT2D eigenvalue weighted by Crippen LogP contribution is -3.10. The Kier molecular flexibility index (Phi) is 6.64. The highest BCUT2D eigenvalue weighted by atomic mass is 16.2. The molecule has 156 valence electrons. The molecule has 0 bridgehead atoms. The number of benzene rings is 2. The van der Waals surface area contributed by atoms with Crippen LogP contribution in [0.5, 0.6) is 0 Å². The number of hydrogen-bond donors (Lipinski definition) is 3. The van der Waals surface area contributed by atoms with Gasteiger partial charge in [-0.1, -0.05) is 67.6 Å². The molecular formula is C23H27N4O3+. The van der Waals surface area contributed by atoms with Crippen molar-refractivity contribution < 1.29 is 9.69 Å². The van der Waals surface area contributed by atoms with E-state index in [2.05, 4.69) is 4.98 Å². The minimum Gasteiger partial charge on any atom is -0.384 e. The molecule has 1 atom stereocenters. The van der Waals surface area contributed by atoms with E-state index in [-0.39, 0.29) is 24.0 Å². The van der Waals surface area contributed by atoms with Crippen molar-refractivity contribution in [1.29, 1.82) is 0 Å². The molecule has 1 heterocycles. The van der Waals surface area contributed by atoms with E-state index in [1.54, 1.807) is 0 Å². The number of nitrogens with two attached hydrogens (primary N) is 1. The topological polar surface area (TPSA) is 102 Å². The van der Waals surface area contributed by atoms with Crippen LogP contribution in [0.3, 0.4) is 0 Å². The lowest BCUT2D eigenvalue weighted by atomic mass is 9.97. The number of nitrogens with one attached hydrogen (secondary N) is 2. The third kappa shape index (κ3) is 4.41. The first kappa shape index (κ1) is 21.3. The van der Waals surface area contributed by atoms with Crippen LogP contribution in [0.1, 0.15) is 40.9 Å². The fraction of sp³-hybridized carbons (Fsp3) is 0.261. The Morgan fingerprint density at radius 3 is 2.07 bits per heavy atom. The number of likely N-dealkylation sites (N-methyl/N-ethyl adjacent to an activating group) is 1. The third-order valence-electron chi connectivity index (χ3n) is 5.16. The van der Waals surface area contributed by atoms with Crippen molar-refractivity contribution >= 4 is 11.6 Å². The predicted octanol–water partition coefficient (Wildman–Crippen LogP) is 1.02. The number of rotatable bonds is 8. The number of carbonyl (C=O) groups is 1. The Morgan fingerprint density at radius 2 is 1.57 bits per heavy atom. The summed E-state index contributed by atoms with van der Waals surface area (Å²) in [7, 11) is 1.91. The first-order valence-corrected chi connectivity index (χ1v) is 10.0. The van der Waals surface area contributed by atoms with Gasteiger partial charge in [0.05, 0.1) is 7.05 Å². The molecule has 0 radical (unpaired) electrons. The summed E-state index contributed by atoms with van der Waals surface area (Å²) in [5, 5.41) is 0. The van der Waals surface area contributed by atoms with Crippen LogP contribution in [0.15, 0.2) is 70.3 Å². The van der Waals surface area contributed by atoms with Crippen molar-refractivity contribution in [2.24, 2.45) is 0 Å². The summed E-state index contributed by atoms with van der Waals surface area (Å²) in [4.78, 5) is 40.6. The minimum atomic E-state index is -0.737. The van der Waals surface area contributed by atoms with Crippen LogP contribution >= 0.6 is 0 Å². The highest BCUT2D eigenvalue weighted by Gasteiger charge is 2.28. The molecule has 0 fully saturated rings. The maximum atomic E-state index is 13.1. The third-order valence-corrected chi connectivity index (χ3v) is 5.16. The highest BCUT2D eigenvalue weighted by Crippen LogP contribution is 2.18. The van der Waals surface area contributed by atoms with E-state index in [9.17, 15) is 14.4 Å². The zero-order chi connectivity index (χ0) is 21.7. The van der Waals surface area contributed by atoms with E-state index >= 15 is 0 Å². The summed E-state index contributed by atoms with van der Waals surface area (Å²) >= 11 is 0. The smallest absolute Gasteiger partial charge is 0.329 e. The molecule has 2 aromatic carbocycles. The lowest BCUT2D eigenvalue weighted by molar-refractivity contribution is -0.897. The highest BCUT2D eigenvalue weighted by molar-refractivity contribution is 6.00. The van der Waals surface area contributed by atoms with Gasteiger partial charge in [-0.05, 0) is 6.42 Å². The molecule has 7 nitrogen and oxygen atoms in total. The Balaban J connectivity index is 1.96. The van der Waals surface area contributed by atoms with Crippen LogP contribution in [0.4, 0.5) is 5.82 Å². The molecule has 7 heteroatoms. The molecule has 0 amide bonds. The number of carbonyl (C=O) groups excluding carboxylic acids is 1. The van der Waals surface area contributed by atoms with E-state index < -0.39 is 17.0 Å². The van der Waals surface area contributed by atoms with Crippen molar-refractivity contribution in [2.45, 2.75) is 25.9 Å². The van der Waals surface area contributed by atoms with E-state index in [1.807, 2.05) is 74.6 Å². The molecule has 1 aromatic heterocycles. The van der Waals surface area contributed by atoms with Gasteiger partial charge in [0.2, 0.25) is 5.78 Å². The maximum absolute atomic E-state index is 13.1. The summed E-state index contributed by atoms with van der Waals surface area (Å²) in [6, 6.07) is 19.7. The van der Waals surface area contributed by atoms with Crippen LogP contribution in [0.25, 0.3) is 0 Å². The van der Waals surface area contributed by atoms with Crippen LogP contribution < -0.4 is 21.9 Å². The monoisotopic (exact) mass is 407 g/mol. The molecule has 0 aliphatic rings. The van der Waals surface area contributed by atoms with Gasteiger partial charge in [-0.2, -0.15) is 0 Å². The van der Waals surface area contributed by atoms with E-state index in [0.29, 0.717) is 13.0 Å². The molecule has 1 unspecified atom stereocenters. The summed E-state index contributed by atoms with van der Waals surface area (Å²) in [5.74, 6) is -0.465. The van der Waals surface area contributed by atoms with Gasteiger partial charge in [0.25, 0.3) is 5.56 Å². The molecular weight excluding hydrogens is 380 g/mol. The second-order valence-electron chi connectivity index (χ2n) is 7.37. The first-order chi connectivity index (χ1) is 14.4. The van der Waals surface area contributed by atoms with Crippen molar-refractivity contribution in [3.8, 4) is 0 Å². The SMILES string of the molecule is CCCn1c(N)c(C(=O)C[NH+](C)C(c2ccccc2)c2ccccc2)c(=O)[nH]c1=O. The number of aromatic nitrogens is 2. The van der Waals surface area contributed by atoms with Crippen molar-refractivity contribution in [2.75, 3.05) is 19.3 Å². The average Bonchev–Trinajstić information content (AvgIpc) is 2.72. The molecule has 3 aromatic rings. The second kappa shape index (κ2) is 9.37. The number of aromatic amines is 1. The quantitative estimate of drug-likeness (QED) is 0.485. The van der Waals surface area contributed by atoms with Gasteiger partial charge in [-0.25, -0.2) is 4.79 Å². The number of ketones is 1. The Labute approximate surface area is 174 Å². The summed E-state index contributed by atoms with van der Waals surface area (Å²) in [5.41, 5.74) is 6.70. The largest absolute Gasteiger partial charge is 0.384 e. The van der Waals surface area contributed by atoms with Gasteiger partial charge in [0.15, 0.2) is 0 Å². The zero-order valence-corrected chi connectivity index (χ0v) is 17.2. The maximum Gasteiger partial charge on any atom is 0.329 e. The molecule has 0 saturated carbocycles. The number of nitrogen functional groups attached to an aromatic ring is 1. The number of H-pyrrole nitrogens is 1. The molecule has 3 rings (SSSR count). The average molecular weight is 407 g/mol. The summed E-state index contributed by atoms with van der Waals surface area (Å²) in [6.07, 6.45) is 0.652. The van der Waals surface area contributed by atoms with Gasteiger partial charge < -0.3 is 10.6 Å². The van der Waals surface area contributed by atoms with Crippen molar-refractivity contribution in [1.82, 2.24) is 9.55 Å². The fourth-order valence-corrected chi connectivity index (χ4v) is 3.80. The fourth-order valence-electron chi connectivity index (χ4n) is 3.80. The normalized spacial score (nSPS) is 12.1. The molecule has 0 spiro atoms. The Morgan fingerprint density at radius 1 is 1.03 bits per heavy atom.